The van der Waals surface area contributed by atoms with Crippen molar-refractivity contribution >= 4 is 35.2 Å². The van der Waals surface area contributed by atoms with Crippen molar-refractivity contribution in [3.05, 3.63) is 101 Å². The molecule has 0 aliphatic rings. The van der Waals surface area contributed by atoms with E-state index in [9.17, 15) is 9.59 Å². The third kappa shape index (κ3) is 9.03. The van der Waals surface area contributed by atoms with Crippen molar-refractivity contribution in [2.45, 2.75) is 63.6 Å². The molecule has 0 unspecified atom stereocenters. The molecule has 0 radical (unpaired) electrons. The normalized spacial score (nSPS) is 11.8. The van der Waals surface area contributed by atoms with Crippen molar-refractivity contribution in [1.82, 2.24) is 10.2 Å². The lowest BCUT2D eigenvalue weighted by Crippen LogP contribution is -2.51. The molecule has 1 atom stereocenters. The molecule has 3 rings (SSSR count). The summed E-state index contributed by atoms with van der Waals surface area (Å²) in [6, 6.07) is 25.2. The molecule has 4 nitrogen and oxygen atoms in total. The zero-order chi connectivity index (χ0) is 25.9. The Morgan fingerprint density at radius 1 is 0.917 bits per heavy atom. The van der Waals surface area contributed by atoms with E-state index >= 15 is 0 Å². The van der Waals surface area contributed by atoms with Crippen molar-refractivity contribution in [3.63, 3.8) is 0 Å². The number of benzene rings is 3. The Balaban J connectivity index is 1.77. The van der Waals surface area contributed by atoms with Gasteiger partial charge in [-0.05, 0) is 68.3 Å². The second kappa shape index (κ2) is 14.1. The molecule has 36 heavy (non-hydrogen) atoms. The number of carbonyl (C=O) groups excluding carboxylic acids is 2. The van der Waals surface area contributed by atoms with Crippen LogP contribution < -0.4 is 5.32 Å². The molecule has 0 spiro atoms. The summed E-state index contributed by atoms with van der Waals surface area (Å²) in [6.07, 6.45) is 1.57. The summed E-state index contributed by atoms with van der Waals surface area (Å²) >= 11 is 7.68. The van der Waals surface area contributed by atoms with E-state index in [1.165, 1.54) is 0 Å². The minimum absolute atomic E-state index is 0.00730. The maximum atomic E-state index is 13.6. The largest absolute Gasteiger partial charge is 0.352 e. The summed E-state index contributed by atoms with van der Waals surface area (Å²) in [5, 5.41) is 3.75. The number of thioether (sulfide) groups is 1. The van der Waals surface area contributed by atoms with E-state index in [0.717, 1.165) is 33.8 Å². The van der Waals surface area contributed by atoms with Crippen molar-refractivity contribution in [3.8, 4) is 0 Å². The van der Waals surface area contributed by atoms with Gasteiger partial charge < -0.3 is 10.2 Å². The van der Waals surface area contributed by atoms with E-state index in [0.29, 0.717) is 24.4 Å². The van der Waals surface area contributed by atoms with Crippen LogP contribution in [0.5, 0.6) is 0 Å². The maximum absolute atomic E-state index is 13.6. The average molecular weight is 523 g/mol. The van der Waals surface area contributed by atoms with Crippen LogP contribution >= 0.6 is 23.4 Å². The smallest absolute Gasteiger partial charge is 0.243 e. The van der Waals surface area contributed by atoms with Crippen LogP contribution in [0.1, 0.15) is 43.4 Å². The highest BCUT2D eigenvalue weighted by Crippen LogP contribution is 2.22. The van der Waals surface area contributed by atoms with Gasteiger partial charge in [-0.2, -0.15) is 0 Å². The summed E-state index contributed by atoms with van der Waals surface area (Å²) in [4.78, 5) is 29.9. The Bertz CT molecular complexity index is 1100. The van der Waals surface area contributed by atoms with Gasteiger partial charge >= 0.3 is 0 Å². The number of hydrogen-bond donors (Lipinski definition) is 1. The van der Waals surface area contributed by atoms with Crippen molar-refractivity contribution in [2.24, 2.45) is 0 Å². The number of rotatable bonds is 12. The van der Waals surface area contributed by atoms with Crippen molar-refractivity contribution in [1.29, 1.82) is 0 Å². The molecule has 3 aromatic rings. The highest BCUT2D eigenvalue weighted by Gasteiger charge is 2.30. The second-order valence-corrected chi connectivity index (χ2v) is 10.9. The van der Waals surface area contributed by atoms with Gasteiger partial charge in [-0.1, -0.05) is 71.8 Å². The van der Waals surface area contributed by atoms with Crippen LogP contribution in [0, 0.1) is 6.92 Å². The van der Waals surface area contributed by atoms with E-state index in [2.05, 4.69) is 5.32 Å². The predicted octanol–water partition coefficient (Wildman–Crippen LogP) is 6.69. The summed E-state index contributed by atoms with van der Waals surface area (Å²) in [5.74, 6) is 0.685. The molecular weight excluding hydrogens is 488 g/mol. The maximum Gasteiger partial charge on any atom is 0.243 e. The van der Waals surface area contributed by atoms with Crippen LogP contribution in [0.3, 0.4) is 0 Å². The molecule has 0 bridgehead atoms. The summed E-state index contributed by atoms with van der Waals surface area (Å²) in [5.41, 5.74) is 3.20. The minimum Gasteiger partial charge on any atom is -0.352 e. The first-order valence-corrected chi connectivity index (χ1v) is 13.8. The number of carbonyl (C=O) groups is 2. The summed E-state index contributed by atoms with van der Waals surface area (Å²) in [6.45, 7) is 6.32. The molecule has 0 fully saturated rings. The average Bonchev–Trinajstić information content (AvgIpc) is 2.86. The van der Waals surface area contributed by atoms with Crippen molar-refractivity contribution in [2.75, 3.05) is 5.75 Å². The van der Waals surface area contributed by atoms with Crippen LogP contribution in [-0.4, -0.2) is 34.6 Å². The standard InChI is InChI=1S/C30H35ClN2O2S/c1-22(2)32-30(35)28(20-24-8-5-4-6-9-24)33(21-25-13-11-23(3)12-14-25)29(34)10-7-19-36-27-17-15-26(31)16-18-27/h4-6,8-9,11-18,22,28H,7,10,19-21H2,1-3H3,(H,32,35)/t28-/m0/s1. The SMILES string of the molecule is Cc1ccc(CN(C(=O)CCCSc2ccc(Cl)cc2)[C@@H](Cc2ccccc2)C(=O)NC(C)C)cc1. The Hall–Kier alpha value is -2.76. The molecule has 3 aromatic carbocycles. The number of amides is 2. The molecule has 0 saturated heterocycles. The first-order chi connectivity index (χ1) is 17.3. The van der Waals surface area contributed by atoms with E-state index in [4.69, 9.17) is 11.6 Å². The molecular formula is C30H35ClN2O2S. The fourth-order valence-electron chi connectivity index (χ4n) is 3.91. The van der Waals surface area contributed by atoms with E-state index < -0.39 is 6.04 Å². The third-order valence-electron chi connectivity index (χ3n) is 5.79. The van der Waals surface area contributed by atoms with E-state index in [-0.39, 0.29) is 17.9 Å². The Morgan fingerprint density at radius 3 is 2.22 bits per heavy atom. The van der Waals surface area contributed by atoms with Crippen LogP contribution in [0.4, 0.5) is 0 Å². The molecule has 0 aliphatic carbocycles. The summed E-state index contributed by atoms with van der Waals surface area (Å²) in [7, 11) is 0. The Labute approximate surface area is 224 Å². The van der Waals surface area contributed by atoms with Gasteiger partial charge in [0.15, 0.2) is 0 Å². The van der Waals surface area contributed by atoms with E-state index in [1.807, 2.05) is 99.6 Å². The number of nitrogens with zero attached hydrogens (tertiary/aromatic N) is 1. The van der Waals surface area contributed by atoms with Gasteiger partial charge in [0.25, 0.3) is 0 Å². The lowest BCUT2D eigenvalue weighted by molar-refractivity contribution is -0.141. The zero-order valence-corrected chi connectivity index (χ0v) is 22.8. The molecule has 2 amide bonds. The van der Waals surface area contributed by atoms with Crippen molar-refractivity contribution < 1.29 is 9.59 Å². The van der Waals surface area contributed by atoms with Gasteiger partial charge in [0, 0.05) is 35.3 Å². The number of halogens is 1. The van der Waals surface area contributed by atoms with Gasteiger partial charge in [-0.25, -0.2) is 0 Å². The fraction of sp³-hybridized carbons (Fsp3) is 0.333. The lowest BCUT2D eigenvalue weighted by atomic mass is 10.0. The number of nitrogens with one attached hydrogen (secondary N) is 1. The first kappa shape index (κ1) is 27.8. The predicted molar refractivity (Wildman–Crippen MR) is 150 cm³/mol. The fourth-order valence-corrected chi connectivity index (χ4v) is 4.89. The van der Waals surface area contributed by atoms with Gasteiger partial charge in [0.1, 0.15) is 6.04 Å². The zero-order valence-electron chi connectivity index (χ0n) is 21.2. The van der Waals surface area contributed by atoms with E-state index in [1.54, 1.807) is 16.7 Å². The quantitative estimate of drug-likeness (QED) is 0.213. The molecule has 190 valence electrons. The third-order valence-corrected chi connectivity index (χ3v) is 7.14. The van der Waals surface area contributed by atoms with Gasteiger partial charge in [-0.15, -0.1) is 11.8 Å². The number of aryl methyl sites for hydroxylation is 1. The van der Waals surface area contributed by atoms with Gasteiger partial charge in [0.2, 0.25) is 11.8 Å². The lowest BCUT2D eigenvalue weighted by Gasteiger charge is -2.32. The van der Waals surface area contributed by atoms with Gasteiger partial charge in [0.05, 0.1) is 0 Å². The highest BCUT2D eigenvalue weighted by atomic mass is 35.5. The van der Waals surface area contributed by atoms with Crippen LogP contribution in [0.25, 0.3) is 0 Å². The molecule has 0 saturated carbocycles. The number of hydrogen-bond acceptors (Lipinski definition) is 3. The topological polar surface area (TPSA) is 49.4 Å². The van der Waals surface area contributed by atoms with Crippen LogP contribution in [0.2, 0.25) is 5.02 Å². The molecule has 6 heteroatoms. The molecule has 0 aliphatic heterocycles. The Morgan fingerprint density at radius 2 is 1.58 bits per heavy atom. The first-order valence-electron chi connectivity index (χ1n) is 12.4. The molecule has 0 aromatic heterocycles. The summed E-state index contributed by atoms with van der Waals surface area (Å²) < 4.78 is 0. The van der Waals surface area contributed by atoms with Crippen LogP contribution in [-0.2, 0) is 22.6 Å². The van der Waals surface area contributed by atoms with Crippen LogP contribution in [0.15, 0.2) is 83.8 Å². The highest BCUT2D eigenvalue weighted by molar-refractivity contribution is 7.99. The monoisotopic (exact) mass is 522 g/mol. The minimum atomic E-state index is -0.590. The van der Waals surface area contributed by atoms with Gasteiger partial charge in [-0.3, -0.25) is 9.59 Å². The Kier molecular flexibility index (Phi) is 10.9. The second-order valence-electron chi connectivity index (χ2n) is 9.28. The molecule has 1 N–H and O–H groups in total. The molecule has 0 heterocycles.